The zero-order chi connectivity index (χ0) is 12.9. The predicted octanol–water partition coefficient (Wildman–Crippen LogP) is 2.07. The lowest BCUT2D eigenvalue weighted by Gasteiger charge is -2.11. The maximum Gasteiger partial charge on any atom is 0.147 e. The molecule has 0 aliphatic rings. The molecule has 0 heterocycles. The Morgan fingerprint density at radius 3 is 2.59 bits per heavy atom. The molecule has 5 heteroatoms. The Bertz CT molecular complexity index is 457. The molecule has 1 unspecified atom stereocenters. The second-order valence-corrected chi connectivity index (χ2v) is 6.89. The van der Waals surface area contributed by atoms with Gasteiger partial charge in [-0.25, -0.2) is 8.42 Å². The summed E-state index contributed by atoms with van der Waals surface area (Å²) in [6, 6.07) is 7.34. The molecule has 0 aromatic heterocycles. The first-order valence-corrected chi connectivity index (χ1v) is 7.91. The predicted molar refractivity (Wildman–Crippen MR) is 70.1 cm³/mol. The summed E-state index contributed by atoms with van der Waals surface area (Å²) in [6.07, 6.45) is 2.07. The molecular weight excluding hydrogens is 260 g/mol. The highest BCUT2D eigenvalue weighted by atomic mass is 35.5. The van der Waals surface area contributed by atoms with Gasteiger partial charge in [-0.15, -0.1) is 0 Å². The van der Waals surface area contributed by atoms with Crippen molar-refractivity contribution in [2.75, 3.05) is 12.0 Å². The molecule has 0 aliphatic heterocycles. The van der Waals surface area contributed by atoms with Crippen LogP contribution in [-0.2, 0) is 16.3 Å². The number of aliphatic hydroxyl groups is 1. The van der Waals surface area contributed by atoms with Crippen molar-refractivity contribution in [3.05, 3.63) is 34.9 Å². The molecular formula is C12H17ClO3S. The maximum atomic E-state index is 10.9. The van der Waals surface area contributed by atoms with Gasteiger partial charge >= 0.3 is 0 Å². The molecule has 0 fully saturated rings. The van der Waals surface area contributed by atoms with Crippen molar-refractivity contribution in [3.63, 3.8) is 0 Å². The van der Waals surface area contributed by atoms with Crippen molar-refractivity contribution in [2.45, 2.75) is 25.4 Å². The van der Waals surface area contributed by atoms with Crippen LogP contribution in [0.4, 0.5) is 0 Å². The van der Waals surface area contributed by atoms with Gasteiger partial charge in [0.25, 0.3) is 0 Å². The molecule has 0 amide bonds. The van der Waals surface area contributed by atoms with Crippen molar-refractivity contribution in [3.8, 4) is 0 Å². The molecule has 1 atom stereocenters. The van der Waals surface area contributed by atoms with Crippen molar-refractivity contribution in [1.29, 1.82) is 0 Å². The molecule has 17 heavy (non-hydrogen) atoms. The normalized spacial score (nSPS) is 13.6. The number of hydrogen-bond donors (Lipinski definition) is 1. The third-order valence-electron chi connectivity index (χ3n) is 2.47. The number of rotatable bonds is 6. The van der Waals surface area contributed by atoms with Crippen LogP contribution in [0.15, 0.2) is 24.3 Å². The van der Waals surface area contributed by atoms with E-state index in [1.165, 1.54) is 6.26 Å². The fraction of sp³-hybridized carbons (Fsp3) is 0.500. The SMILES string of the molecule is CS(=O)(=O)CCCC(O)Cc1ccccc1Cl. The van der Waals surface area contributed by atoms with E-state index in [-0.39, 0.29) is 5.75 Å². The summed E-state index contributed by atoms with van der Waals surface area (Å²) in [5.74, 6) is 0.118. The number of halogens is 1. The van der Waals surface area contributed by atoms with E-state index >= 15 is 0 Å². The zero-order valence-electron chi connectivity index (χ0n) is 9.77. The van der Waals surface area contributed by atoms with E-state index in [0.717, 1.165) is 5.56 Å². The molecule has 1 aromatic carbocycles. The molecule has 0 aliphatic carbocycles. The van der Waals surface area contributed by atoms with Gasteiger partial charge in [-0.3, -0.25) is 0 Å². The Balaban J connectivity index is 2.40. The summed E-state index contributed by atoms with van der Waals surface area (Å²) in [7, 11) is -2.94. The van der Waals surface area contributed by atoms with E-state index in [2.05, 4.69) is 0 Å². The Morgan fingerprint density at radius 2 is 2.00 bits per heavy atom. The minimum atomic E-state index is -2.94. The first-order valence-electron chi connectivity index (χ1n) is 5.47. The second-order valence-electron chi connectivity index (χ2n) is 4.22. The van der Waals surface area contributed by atoms with E-state index in [4.69, 9.17) is 11.6 Å². The summed E-state index contributed by atoms with van der Waals surface area (Å²) in [5, 5.41) is 10.4. The Hall–Kier alpha value is -0.580. The molecule has 0 saturated carbocycles. The van der Waals surface area contributed by atoms with E-state index in [1.807, 2.05) is 18.2 Å². The summed E-state index contributed by atoms with van der Waals surface area (Å²) in [5.41, 5.74) is 0.890. The highest BCUT2D eigenvalue weighted by Crippen LogP contribution is 2.18. The molecule has 96 valence electrons. The number of aliphatic hydroxyl groups excluding tert-OH is 1. The molecule has 0 spiro atoms. The Morgan fingerprint density at radius 1 is 1.35 bits per heavy atom. The number of sulfone groups is 1. The van der Waals surface area contributed by atoms with Gasteiger partial charge in [0.2, 0.25) is 0 Å². The average Bonchev–Trinajstić information content (AvgIpc) is 2.19. The summed E-state index contributed by atoms with van der Waals surface area (Å²) >= 11 is 5.97. The van der Waals surface area contributed by atoms with Gasteiger partial charge in [-0.2, -0.15) is 0 Å². The van der Waals surface area contributed by atoms with E-state index < -0.39 is 15.9 Å². The maximum absolute atomic E-state index is 10.9. The number of benzene rings is 1. The van der Waals surface area contributed by atoms with Crippen LogP contribution in [0.2, 0.25) is 5.02 Å². The third kappa shape index (κ3) is 6.05. The lowest BCUT2D eigenvalue weighted by molar-refractivity contribution is 0.164. The van der Waals surface area contributed by atoms with Crippen LogP contribution in [0, 0.1) is 0 Å². The Labute approximate surface area is 107 Å². The minimum absolute atomic E-state index is 0.118. The molecule has 0 radical (unpaired) electrons. The van der Waals surface area contributed by atoms with Gasteiger partial charge in [0, 0.05) is 17.0 Å². The summed E-state index contributed by atoms with van der Waals surface area (Å²) in [4.78, 5) is 0. The van der Waals surface area contributed by atoms with Crippen LogP contribution in [0.3, 0.4) is 0 Å². The van der Waals surface area contributed by atoms with Crippen LogP contribution in [0.5, 0.6) is 0 Å². The first kappa shape index (κ1) is 14.5. The smallest absolute Gasteiger partial charge is 0.147 e. The summed E-state index contributed by atoms with van der Waals surface area (Å²) in [6.45, 7) is 0. The van der Waals surface area contributed by atoms with Crippen LogP contribution in [0.1, 0.15) is 18.4 Å². The largest absolute Gasteiger partial charge is 0.393 e. The van der Waals surface area contributed by atoms with Crippen molar-refractivity contribution in [2.24, 2.45) is 0 Å². The van der Waals surface area contributed by atoms with E-state index in [1.54, 1.807) is 6.07 Å². The van der Waals surface area contributed by atoms with E-state index in [0.29, 0.717) is 24.3 Å². The summed E-state index contributed by atoms with van der Waals surface area (Å²) < 4.78 is 21.8. The second kappa shape index (κ2) is 6.38. The third-order valence-corrected chi connectivity index (χ3v) is 3.86. The topological polar surface area (TPSA) is 54.4 Å². The molecule has 3 nitrogen and oxygen atoms in total. The standard InChI is InChI=1S/C12H17ClO3S/c1-17(15,16)8-4-6-11(14)9-10-5-2-3-7-12(10)13/h2-3,5,7,11,14H,4,6,8-9H2,1H3. The highest BCUT2D eigenvalue weighted by Gasteiger charge is 2.10. The average molecular weight is 277 g/mol. The van der Waals surface area contributed by atoms with Gasteiger partial charge in [0.15, 0.2) is 0 Å². The lowest BCUT2D eigenvalue weighted by atomic mass is 10.0. The van der Waals surface area contributed by atoms with Gasteiger partial charge in [-0.1, -0.05) is 29.8 Å². The monoisotopic (exact) mass is 276 g/mol. The van der Waals surface area contributed by atoms with E-state index in [9.17, 15) is 13.5 Å². The van der Waals surface area contributed by atoms with Crippen molar-refractivity contribution >= 4 is 21.4 Å². The lowest BCUT2D eigenvalue weighted by Crippen LogP contribution is -2.13. The fourth-order valence-electron chi connectivity index (χ4n) is 1.60. The highest BCUT2D eigenvalue weighted by molar-refractivity contribution is 7.90. The van der Waals surface area contributed by atoms with Gasteiger partial charge in [0.1, 0.15) is 9.84 Å². The van der Waals surface area contributed by atoms with Gasteiger partial charge < -0.3 is 5.11 Å². The van der Waals surface area contributed by atoms with Crippen LogP contribution >= 0.6 is 11.6 Å². The van der Waals surface area contributed by atoms with Crippen molar-refractivity contribution < 1.29 is 13.5 Å². The quantitative estimate of drug-likeness (QED) is 0.865. The van der Waals surface area contributed by atoms with Crippen LogP contribution in [-0.4, -0.2) is 31.6 Å². The van der Waals surface area contributed by atoms with Crippen LogP contribution < -0.4 is 0 Å². The minimum Gasteiger partial charge on any atom is -0.393 e. The Kier molecular flexibility index (Phi) is 5.43. The van der Waals surface area contributed by atoms with Crippen molar-refractivity contribution in [1.82, 2.24) is 0 Å². The molecule has 1 aromatic rings. The molecule has 1 rings (SSSR count). The molecule has 1 N–H and O–H groups in total. The molecule has 0 bridgehead atoms. The van der Waals surface area contributed by atoms with Crippen LogP contribution in [0.25, 0.3) is 0 Å². The van der Waals surface area contributed by atoms with Gasteiger partial charge in [-0.05, 0) is 30.9 Å². The van der Waals surface area contributed by atoms with Gasteiger partial charge in [0.05, 0.1) is 6.10 Å². The first-order chi connectivity index (χ1) is 7.88. The zero-order valence-corrected chi connectivity index (χ0v) is 11.3. The fourth-order valence-corrected chi connectivity index (χ4v) is 2.50. The number of hydrogen-bond acceptors (Lipinski definition) is 3. The molecule has 0 saturated heterocycles.